The van der Waals surface area contributed by atoms with Crippen molar-refractivity contribution in [2.75, 3.05) is 11.9 Å². The van der Waals surface area contributed by atoms with Gasteiger partial charge in [0.05, 0.1) is 19.4 Å². The van der Waals surface area contributed by atoms with Crippen LogP contribution in [0, 0.1) is 12.3 Å². The van der Waals surface area contributed by atoms with E-state index in [0.29, 0.717) is 6.54 Å². The highest BCUT2D eigenvalue weighted by atomic mass is 16.3. The summed E-state index contributed by atoms with van der Waals surface area (Å²) in [6.45, 7) is 0.576. The number of carbonyl (C=O) groups is 1. The number of benzene rings is 1. The summed E-state index contributed by atoms with van der Waals surface area (Å²) in [5, 5.41) is 5.76. The fourth-order valence-corrected chi connectivity index (χ4v) is 1.56. The summed E-state index contributed by atoms with van der Waals surface area (Å²) >= 11 is 0. The molecule has 1 heterocycles. The van der Waals surface area contributed by atoms with E-state index in [9.17, 15) is 4.79 Å². The Hall–Kier alpha value is -2.67. The fourth-order valence-electron chi connectivity index (χ4n) is 1.56. The van der Waals surface area contributed by atoms with Crippen LogP contribution < -0.4 is 10.6 Å². The van der Waals surface area contributed by atoms with E-state index in [1.54, 1.807) is 12.3 Å². The molecule has 0 unspecified atom stereocenters. The van der Waals surface area contributed by atoms with E-state index < -0.39 is 0 Å². The van der Waals surface area contributed by atoms with E-state index in [1.165, 1.54) is 0 Å². The summed E-state index contributed by atoms with van der Waals surface area (Å²) < 4.78 is 5.12. The van der Waals surface area contributed by atoms with Crippen molar-refractivity contribution >= 4 is 11.6 Å². The van der Waals surface area contributed by atoms with Crippen molar-refractivity contribution in [2.45, 2.75) is 6.54 Å². The summed E-state index contributed by atoms with van der Waals surface area (Å²) in [5.41, 5.74) is 1.60. The molecule has 4 heteroatoms. The van der Waals surface area contributed by atoms with Gasteiger partial charge >= 0.3 is 0 Å². The lowest BCUT2D eigenvalue weighted by atomic mass is 10.2. The normalized spacial score (nSPS) is 9.63. The van der Waals surface area contributed by atoms with Gasteiger partial charge in [0, 0.05) is 11.3 Å². The average Bonchev–Trinajstić information content (AvgIpc) is 2.96. The second-order valence-corrected chi connectivity index (χ2v) is 3.93. The zero-order valence-electron chi connectivity index (χ0n) is 10.3. The first kappa shape index (κ1) is 12.8. The summed E-state index contributed by atoms with van der Waals surface area (Å²) in [4.78, 5) is 11.6. The fraction of sp³-hybridized carbons (Fsp3) is 0.133. The van der Waals surface area contributed by atoms with Crippen LogP contribution in [0.25, 0.3) is 0 Å². The van der Waals surface area contributed by atoms with Gasteiger partial charge in [0.15, 0.2) is 0 Å². The van der Waals surface area contributed by atoms with E-state index in [0.717, 1.165) is 17.0 Å². The Morgan fingerprint density at radius 2 is 2.21 bits per heavy atom. The summed E-state index contributed by atoms with van der Waals surface area (Å²) in [6.07, 6.45) is 6.88. The van der Waals surface area contributed by atoms with Gasteiger partial charge in [-0.05, 0) is 30.3 Å². The van der Waals surface area contributed by atoms with Gasteiger partial charge in [-0.3, -0.25) is 4.79 Å². The molecule has 0 saturated heterocycles. The zero-order valence-corrected chi connectivity index (χ0v) is 10.3. The molecule has 4 nitrogen and oxygen atoms in total. The third-order valence-electron chi connectivity index (χ3n) is 2.52. The Morgan fingerprint density at radius 3 is 2.95 bits per heavy atom. The minimum Gasteiger partial charge on any atom is -0.467 e. The molecule has 0 spiro atoms. The van der Waals surface area contributed by atoms with Crippen molar-refractivity contribution in [3.8, 4) is 12.3 Å². The minimum atomic E-state index is -0.109. The van der Waals surface area contributed by atoms with E-state index in [-0.39, 0.29) is 12.5 Å². The predicted molar refractivity (Wildman–Crippen MR) is 73.4 cm³/mol. The van der Waals surface area contributed by atoms with Crippen molar-refractivity contribution < 1.29 is 9.21 Å². The number of anilines is 1. The highest BCUT2D eigenvalue weighted by Gasteiger charge is 2.02. The molecule has 0 fully saturated rings. The van der Waals surface area contributed by atoms with Crippen molar-refractivity contribution in [1.82, 2.24) is 5.32 Å². The topological polar surface area (TPSA) is 54.3 Å². The van der Waals surface area contributed by atoms with Crippen LogP contribution in [-0.4, -0.2) is 12.5 Å². The summed E-state index contributed by atoms with van der Waals surface area (Å²) in [5.74, 6) is 3.16. The molecule has 0 radical (unpaired) electrons. The van der Waals surface area contributed by atoms with Crippen LogP contribution in [0.4, 0.5) is 5.69 Å². The van der Waals surface area contributed by atoms with Gasteiger partial charge in [0.2, 0.25) is 5.91 Å². The number of nitrogens with one attached hydrogen (secondary N) is 2. The third kappa shape index (κ3) is 3.93. The molecule has 96 valence electrons. The predicted octanol–water partition coefficient (Wildman–Crippen LogP) is 1.99. The standard InChI is InChI=1S/C15H14N2O2/c1-2-12-5-3-6-13(9-12)16-11-15(18)17-10-14-7-4-8-19-14/h1,3-9,16H,10-11H2,(H,17,18). The molecule has 0 bridgehead atoms. The lowest BCUT2D eigenvalue weighted by Crippen LogP contribution is -2.29. The van der Waals surface area contributed by atoms with Crippen LogP contribution in [0.3, 0.4) is 0 Å². The summed E-state index contributed by atoms with van der Waals surface area (Å²) in [6, 6.07) is 11.0. The van der Waals surface area contributed by atoms with Gasteiger partial charge in [-0.15, -0.1) is 6.42 Å². The summed E-state index contributed by atoms with van der Waals surface area (Å²) in [7, 11) is 0. The van der Waals surface area contributed by atoms with Gasteiger partial charge in [-0.2, -0.15) is 0 Å². The smallest absolute Gasteiger partial charge is 0.239 e. The highest BCUT2D eigenvalue weighted by Crippen LogP contribution is 2.08. The van der Waals surface area contributed by atoms with Gasteiger partial charge in [-0.1, -0.05) is 12.0 Å². The quantitative estimate of drug-likeness (QED) is 0.802. The SMILES string of the molecule is C#Cc1cccc(NCC(=O)NCc2ccco2)c1. The van der Waals surface area contributed by atoms with Crippen LogP contribution in [0.5, 0.6) is 0 Å². The number of furan rings is 1. The van der Waals surface area contributed by atoms with Crippen LogP contribution in [0.2, 0.25) is 0 Å². The van der Waals surface area contributed by atoms with Crippen LogP contribution in [0.1, 0.15) is 11.3 Å². The first-order chi connectivity index (χ1) is 9.28. The lowest BCUT2D eigenvalue weighted by Gasteiger charge is -2.07. The third-order valence-corrected chi connectivity index (χ3v) is 2.52. The molecule has 1 aromatic heterocycles. The second-order valence-electron chi connectivity index (χ2n) is 3.93. The average molecular weight is 254 g/mol. The van der Waals surface area contributed by atoms with Gasteiger partial charge < -0.3 is 15.1 Å². The highest BCUT2D eigenvalue weighted by molar-refractivity contribution is 5.80. The molecule has 0 aliphatic rings. The molecular formula is C15H14N2O2. The monoisotopic (exact) mass is 254 g/mol. The number of amides is 1. The molecular weight excluding hydrogens is 240 g/mol. The maximum atomic E-state index is 11.6. The molecule has 0 aliphatic carbocycles. The number of hydrogen-bond acceptors (Lipinski definition) is 3. The Bertz CT molecular complexity index is 582. The number of rotatable bonds is 5. The largest absolute Gasteiger partial charge is 0.467 e. The van der Waals surface area contributed by atoms with Crippen molar-refractivity contribution in [3.63, 3.8) is 0 Å². The first-order valence-electron chi connectivity index (χ1n) is 5.87. The van der Waals surface area contributed by atoms with Crippen LogP contribution in [0.15, 0.2) is 47.1 Å². The molecule has 2 N–H and O–H groups in total. The van der Waals surface area contributed by atoms with Crippen molar-refractivity contribution in [1.29, 1.82) is 0 Å². The Morgan fingerprint density at radius 1 is 1.32 bits per heavy atom. The minimum absolute atomic E-state index is 0.109. The van der Waals surface area contributed by atoms with Gasteiger partial charge in [0.25, 0.3) is 0 Å². The molecule has 2 rings (SSSR count). The molecule has 1 amide bonds. The number of hydrogen-bond donors (Lipinski definition) is 2. The maximum absolute atomic E-state index is 11.6. The molecule has 0 aliphatic heterocycles. The van der Waals surface area contributed by atoms with E-state index >= 15 is 0 Å². The van der Waals surface area contributed by atoms with E-state index in [2.05, 4.69) is 16.6 Å². The molecule has 0 saturated carbocycles. The number of terminal acetylenes is 1. The number of carbonyl (C=O) groups excluding carboxylic acids is 1. The Labute approximate surface area is 111 Å². The maximum Gasteiger partial charge on any atom is 0.239 e. The molecule has 1 aromatic carbocycles. The van der Waals surface area contributed by atoms with Crippen molar-refractivity contribution in [2.24, 2.45) is 0 Å². The second kappa shape index (κ2) is 6.31. The van der Waals surface area contributed by atoms with E-state index in [1.807, 2.05) is 30.3 Å². The van der Waals surface area contributed by atoms with Crippen molar-refractivity contribution in [3.05, 3.63) is 54.0 Å². The Kier molecular flexibility index (Phi) is 4.25. The first-order valence-corrected chi connectivity index (χ1v) is 5.87. The molecule has 2 aromatic rings. The van der Waals surface area contributed by atoms with Gasteiger partial charge in [-0.25, -0.2) is 0 Å². The molecule has 19 heavy (non-hydrogen) atoms. The molecule has 0 atom stereocenters. The van der Waals surface area contributed by atoms with Gasteiger partial charge in [0.1, 0.15) is 5.76 Å². The zero-order chi connectivity index (χ0) is 13.5. The Balaban J connectivity index is 1.78. The lowest BCUT2D eigenvalue weighted by molar-refractivity contribution is -0.119. The van der Waals surface area contributed by atoms with Crippen LogP contribution in [-0.2, 0) is 11.3 Å². The van der Waals surface area contributed by atoms with Crippen LogP contribution >= 0.6 is 0 Å². The van der Waals surface area contributed by atoms with E-state index in [4.69, 9.17) is 10.8 Å².